The van der Waals surface area contributed by atoms with Gasteiger partial charge in [0, 0.05) is 6.92 Å². The second kappa shape index (κ2) is 5.90. The van der Waals surface area contributed by atoms with E-state index >= 15 is 0 Å². The molecule has 126 valence electrons. The van der Waals surface area contributed by atoms with Gasteiger partial charge < -0.3 is 4.90 Å². The molecule has 0 saturated heterocycles. The van der Waals surface area contributed by atoms with Crippen LogP contribution in [-0.4, -0.2) is 26.9 Å². The molecule has 2 aromatic carbocycles. The summed E-state index contributed by atoms with van der Waals surface area (Å²) < 4.78 is 41.2. The largest absolute Gasteiger partial charge is 0.306 e. The fraction of sp³-hybridized carbons (Fsp3) is 0.235. The van der Waals surface area contributed by atoms with Gasteiger partial charge in [-0.05, 0) is 31.2 Å². The van der Waals surface area contributed by atoms with E-state index in [2.05, 4.69) is 0 Å². The maximum absolute atomic E-state index is 14.0. The standard InChI is InChI=1S/C17H17FN2O3S/c1-12-11-19(24(22,23)17-10-6-3-7-14(17)18)15-8-4-5-9-16(15)20(12)13(2)21/h3-10,12H,11H2,1-2H3/t12-/m0/s1. The van der Waals surface area contributed by atoms with Crippen molar-refractivity contribution in [3.63, 3.8) is 0 Å². The Morgan fingerprint density at radius 3 is 2.29 bits per heavy atom. The van der Waals surface area contributed by atoms with E-state index in [4.69, 9.17) is 0 Å². The van der Waals surface area contributed by atoms with E-state index in [0.717, 1.165) is 6.07 Å². The fourth-order valence-corrected chi connectivity index (χ4v) is 4.64. The van der Waals surface area contributed by atoms with Gasteiger partial charge in [-0.15, -0.1) is 0 Å². The van der Waals surface area contributed by atoms with Crippen LogP contribution in [0.5, 0.6) is 0 Å². The van der Waals surface area contributed by atoms with Gasteiger partial charge in [-0.25, -0.2) is 12.8 Å². The summed E-state index contributed by atoms with van der Waals surface area (Å²) >= 11 is 0. The summed E-state index contributed by atoms with van der Waals surface area (Å²) in [5.74, 6) is -0.963. The van der Waals surface area contributed by atoms with Crippen molar-refractivity contribution in [1.82, 2.24) is 0 Å². The molecule has 24 heavy (non-hydrogen) atoms. The lowest BCUT2D eigenvalue weighted by Gasteiger charge is -2.40. The maximum Gasteiger partial charge on any atom is 0.267 e. The molecular formula is C17H17FN2O3S. The molecule has 7 heteroatoms. The minimum absolute atomic E-state index is 0.0628. The molecule has 1 atom stereocenters. The van der Waals surface area contributed by atoms with Crippen molar-refractivity contribution in [2.24, 2.45) is 0 Å². The number of rotatable bonds is 2. The highest BCUT2D eigenvalue weighted by Gasteiger charge is 2.37. The van der Waals surface area contributed by atoms with Gasteiger partial charge >= 0.3 is 0 Å². The lowest BCUT2D eigenvalue weighted by atomic mass is 10.1. The highest BCUT2D eigenvalue weighted by molar-refractivity contribution is 7.92. The Balaban J connectivity index is 2.17. The van der Waals surface area contributed by atoms with Gasteiger partial charge in [0.2, 0.25) is 5.91 Å². The zero-order valence-electron chi connectivity index (χ0n) is 13.3. The Morgan fingerprint density at radius 2 is 1.67 bits per heavy atom. The van der Waals surface area contributed by atoms with Crippen LogP contribution in [0.15, 0.2) is 53.4 Å². The summed E-state index contributed by atoms with van der Waals surface area (Å²) in [4.78, 5) is 13.1. The molecule has 0 saturated carbocycles. The zero-order chi connectivity index (χ0) is 17.5. The number of sulfonamides is 1. The molecule has 0 aliphatic carbocycles. The number of carbonyl (C=O) groups excluding carboxylic acids is 1. The number of para-hydroxylation sites is 2. The third kappa shape index (κ3) is 2.54. The Bertz CT molecular complexity index is 898. The highest BCUT2D eigenvalue weighted by atomic mass is 32.2. The minimum Gasteiger partial charge on any atom is -0.306 e. The molecule has 0 spiro atoms. The SMILES string of the molecule is CC(=O)N1c2ccccc2N(S(=O)(=O)c2ccccc2F)C[C@@H]1C. The number of amides is 1. The number of carbonyl (C=O) groups is 1. The quantitative estimate of drug-likeness (QED) is 0.838. The summed E-state index contributed by atoms with van der Waals surface area (Å²) in [6.07, 6.45) is 0. The molecule has 0 unspecified atom stereocenters. The first-order chi connectivity index (χ1) is 11.3. The molecule has 0 radical (unpaired) electrons. The summed E-state index contributed by atoms with van der Waals surface area (Å²) in [6, 6.07) is 11.7. The molecule has 3 rings (SSSR count). The summed E-state index contributed by atoms with van der Waals surface area (Å²) in [7, 11) is -4.07. The smallest absolute Gasteiger partial charge is 0.267 e. The topological polar surface area (TPSA) is 57.7 Å². The fourth-order valence-electron chi connectivity index (χ4n) is 3.02. The first-order valence-corrected chi connectivity index (χ1v) is 8.94. The number of benzene rings is 2. The summed E-state index contributed by atoms with van der Waals surface area (Å²) in [6.45, 7) is 3.27. The molecule has 1 heterocycles. The van der Waals surface area contributed by atoms with Crippen LogP contribution >= 0.6 is 0 Å². The molecule has 1 amide bonds. The van der Waals surface area contributed by atoms with Crippen LogP contribution in [0.2, 0.25) is 0 Å². The number of hydrogen-bond acceptors (Lipinski definition) is 3. The molecule has 1 aliphatic heterocycles. The second-order valence-electron chi connectivity index (χ2n) is 5.69. The third-order valence-corrected chi connectivity index (χ3v) is 5.84. The van der Waals surface area contributed by atoms with Crippen molar-refractivity contribution in [3.05, 3.63) is 54.3 Å². The van der Waals surface area contributed by atoms with Gasteiger partial charge in [0.25, 0.3) is 10.0 Å². The van der Waals surface area contributed by atoms with Gasteiger partial charge in [-0.3, -0.25) is 9.10 Å². The van der Waals surface area contributed by atoms with Crippen molar-refractivity contribution in [3.8, 4) is 0 Å². The monoisotopic (exact) mass is 348 g/mol. The molecule has 1 aliphatic rings. The average Bonchev–Trinajstić information content (AvgIpc) is 2.53. The van der Waals surface area contributed by atoms with Crippen molar-refractivity contribution in [2.75, 3.05) is 15.7 Å². The van der Waals surface area contributed by atoms with Gasteiger partial charge in [0.15, 0.2) is 0 Å². The van der Waals surface area contributed by atoms with Crippen molar-refractivity contribution < 1.29 is 17.6 Å². The third-order valence-electron chi connectivity index (χ3n) is 4.02. The molecular weight excluding hydrogens is 331 g/mol. The average molecular weight is 348 g/mol. The zero-order valence-corrected chi connectivity index (χ0v) is 14.1. The van der Waals surface area contributed by atoms with E-state index < -0.39 is 15.8 Å². The molecule has 2 aromatic rings. The van der Waals surface area contributed by atoms with Gasteiger partial charge in [0.1, 0.15) is 10.7 Å². The van der Waals surface area contributed by atoms with E-state index in [-0.39, 0.29) is 23.4 Å². The van der Waals surface area contributed by atoms with Crippen molar-refractivity contribution in [1.29, 1.82) is 0 Å². The van der Waals surface area contributed by atoms with E-state index in [1.165, 1.54) is 29.4 Å². The van der Waals surface area contributed by atoms with Crippen molar-refractivity contribution >= 4 is 27.3 Å². The second-order valence-corrected chi connectivity index (χ2v) is 7.52. The molecule has 0 bridgehead atoms. The van der Waals surface area contributed by atoms with Crippen LogP contribution in [0.4, 0.5) is 15.8 Å². The Kier molecular flexibility index (Phi) is 4.04. The van der Waals surface area contributed by atoms with Crippen LogP contribution < -0.4 is 9.21 Å². The normalized spacial score (nSPS) is 17.5. The van der Waals surface area contributed by atoms with Gasteiger partial charge in [0.05, 0.1) is 24.0 Å². The Labute approximate surface area is 140 Å². The lowest BCUT2D eigenvalue weighted by molar-refractivity contribution is -0.117. The van der Waals surface area contributed by atoms with Crippen molar-refractivity contribution in [2.45, 2.75) is 24.8 Å². The van der Waals surface area contributed by atoms with Gasteiger partial charge in [-0.1, -0.05) is 24.3 Å². The number of nitrogens with zero attached hydrogens (tertiary/aromatic N) is 2. The van der Waals surface area contributed by atoms with Crippen LogP contribution in [0, 0.1) is 5.82 Å². The van der Waals surface area contributed by atoms with Gasteiger partial charge in [-0.2, -0.15) is 0 Å². The number of fused-ring (bicyclic) bond motifs is 1. The van der Waals surface area contributed by atoms with Crippen LogP contribution in [0.1, 0.15) is 13.8 Å². The van der Waals surface area contributed by atoms with Crippen LogP contribution in [0.25, 0.3) is 0 Å². The van der Waals surface area contributed by atoms with E-state index in [9.17, 15) is 17.6 Å². The van der Waals surface area contributed by atoms with Crippen LogP contribution in [-0.2, 0) is 14.8 Å². The molecule has 0 N–H and O–H groups in total. The Hall–Kier alpha value is -2.41. The van der Waals surface area contributed by atoms with Crippen LogP contribution in [0.3, 0.4) is 0 Å². The van der Waals surface area contributed by atoms with E-state index in [1.54, 1.807) is 36.1 Å². The number of anilines is 2. The first-order valence-electron chi connectivity index (χ1n) is 7.50. The highest BCUT2D eigenvalue weighted by Crippen LogP contribution is 2.38. The summed E-state index contributed by atoms with van der Waals surface area (Å²) in [5, 5.41) is 0. The molecule has 0 fully saturated rings. The molecule has 0 aromatic heterocycles. The number of halogens is 1. The van der Waals surface area contributed by atoms with E-state index in [0.29, 0.717) is 11.4 Å². The predicted octanol–water partition coefficient (Wildman–Crippen LogP) is 2.78. The lowest BCUT2D eigenvalue weighted by Crippen LogP contribution is -2.51. The first kappa shape index (κ1) is 16.4. The number of hydrogen-bond donors (Lipinski definition) is 0. The summed E-state index contributed by atoms with van der Waals surface area (Å²) in [5.41, 5.74) is 0.873. The van der Waals surface area contributed by atoms with E-state index in [1.807, 2.05) is 0 Å². The minimum atomic E-state index is -4.07. The predicted molar refractivity (Wildman–Crippen MR) is 90.0 cm³/mol. The maximum atomic E-state index is 14.0. The Morgan fingerprint density at radius 1 is 1.08 bits per heavy atom. The molecule has 5 nitrogen and oxygen atoms in total.